The van der Waals surface area contributed by atoms with Crippen molar-refractivity contribution in [3.63, 3.8) is 0 Å². The van der Waals surface area contributed by atoms with Crippen molar-refractivity contribution < 1.29 is 38.1 Å². The fourth-order valence-electron chi connectivity index (χ4n) is 9.85. The molecular formula is C46H59N4O8PS2. The molecule has 2 aliphatic carbocycles. The molecule has 8 rings (SSSR count). The van der Waals surface area contributed by atoms with Crippen LogP contribution in [-0.2, 0) is 29.8 Å². The summed E-state index contributed by atoms with van der Waals surface area (Å²) in [6.45, 7) is 4.24. The molecule has 4 aromatic rings. The lowest BCUT2D eigenvalue weighted by atomic mass is 9.94. The second kappa shape index (κ2) is 18.9. The third-order valence-electron chi connectivity index (χ3n) is 13.2. The van der Waals surface area contributed by atoms with Crippen molar-refractivity contribution in [2.75, 3.05) is 19.0 Å². The van der Waals surface area contributed by atoms with Gasteiger partial charge in [-0.1, -0.05) is 38.2 Å². The number of thiazole rings is 1. The van der Waals surface area contributed by atoms with Crippen LogP contribution in [-0.4, -0.2) is 80.5 Å². The SMILES string of the molecule is COc1ccc2c(O[C@@H]3C[C@H]4C(=O)C[C@]5(P(=O)(O)Cc6cccs6)C[C@@H]5CCCCCCCC(CC(=O)OC5CCCC5)C(=O)N4C3)cc(-c3csc(NC(C)C)n3)nc2c1. The topological polar surface area (TPSA) is 157 Å². The van der Waals surface area contributed by atoms with Crippen molar-refractivity contribution in [2.24, 2.45) is 11.8 Å². The molecule has 61 heavy (non-hydrogen) atoms. The monoisotopic (exact) mass is 890 g/mol. The van der Waals surface area contributed by atoms with E-state index in [1.807, 2.05) is 47.2 Å². The summed E-state index contributed by atoms with van der Waals surface area (Å²) < 4.78 is 32.8. The van der Waals surface area contributed by atoms with Crippen LogP contribution in [0.3, 0.4) is 0 Å². The molecule has 5 heterocycles. The Kier molecular flexibility index (Phi) is 13.5. The first kappa shape index (κ1) is 43.8. The van der Waals surface area contributed by atoms with Gasteiger partial charge in [-0.25, -0.2) is 9.97 Å². The number of benzene rings is 1. The fourth-order valence-corrected chi connectivity index (χ4v) is 14.5. The summed E-state index contributed by atoms with van der Waals surface area (Å²) in [5.74, 6) is -0.363. The van der Waals surface area contributed by atoms with E-state index in [4.69, 9.17) is 24.2 Å². The van der Waals surface area contributed by atoms with Gasteiger partial charge in [-0.15, -0.1) is 22.7 Å². The molecule has 4 fully saturated rings. The number of hydrogen-bond donors (Lipinski definition) is 2. The zero-order valence-corrected chi connectivity index (χ0v) is 38.0. The predicted octanol–water partition coefficient (Wildman–Crippen LogP) is 10.0. The van der Waals surface area contributed by atoms with Gasteiger partial charge in [-0.2, -0.15) is 0 Å². The smallest absolute Gasteiger partial charge is 0.306 e. The van der Waals surface area contributed by atoms with E-state index >= 15 is 0 Å². The van der Waals surface area contributed by atoms with Gasteiger partial charge in [0.05, 0.1) is 48.6 Å². The van der Waals surface area contributed by atoms with Gasteiger partial charge in [0.15, 0.2) is 10.9 Å². The van der Waals surface area contributed by atoms with E-state index in [-0.39, 0.29) is 67.7 Å². The Labute approximate surface area is 366 Å². The van der Waals surface area contributed by atoms with Crippen molar-refractivity contribution >= 4 is 63.7 Å². The van der Waals surface area contributed by atoms with Crippen molar-refractivity contribution in [1.82, 2.24) is 14.9 Å². The molecule has 2 saturated heterocycles. The maximum Gasteiger partial charge on any atom is 0.306 e. The number of esters is 1. The zero-order chi connectivity index (χ0) is 42.7. The standard InChI is InChI=1S/C46H59N4O8PS2/c1-29(2)47-45-49-39(28-61-45)38-23-42(36-18-17-33(56-3)21-37(36)48-38)57-34-22-40-41(51)25-46(59(54,55)27-35-16-11-19-60-35)24-31(46)13-8-6-4-5-7-12-30(44(53)50(40)26-34)20-43(52)58-32-14-9-10-15-32/h11,16-19,21,23,28-32,34,40H,4-10,12-15,20,22,24-27H2,1-3H3,(H,47,49)(H,54,55)/t30?,31-,34+,40-,46+/m0/s1. The number of ether oxygens (including phenoxy) is 3. The molecule has 2 unspecified atom stereocenters. The number of aromatic nitrogens is 2. The Morgan fingerprint density at radius 1 is 0.984 bits per heavy atom. The highest BCUT2D eigenvalue weighted by Gasteiger charge is 2.65. The van der Waals surface area contributed by atoms with Gasteiger partial charge >= 0.3 is 5.97 Å². The molecule has 1 aromatic carbocycles. The zero-order valence-electron chi connectivity index (χ0n) is 35.5. The molecule has 12 nitrogen and oxygen atoms in total. The van der Waals surface area contributed by atoms with Crippen molar-refractivity contribution in [3.8, 4) is 22.9 Å². The van der Waals surface area contributed by atoms with Gasteiger partial charge in [0.25, 0.3) is 0 Å². The molecule has 15 heteroatoms. The van der Waals surface area contributed by atoms with Crippen molar-refractivity contribution in [1.29, 1.82) is 0 Å². The van der Waals surface area contributed by atoms with E-state index in [1.165, 1.54) is 22.7 Å². The number of fused-ring (bicyclic) bond motifs is 3. The number of ketones is 1. The van der Waals surface area contributed by atoms with Crippen LogP contribution in [0.4, 0.5) is 5.13 Å². The lowest BCUT2D eigenvalue weighted by Crippen LogP contribution is -2.45. The quantitative estimate of drug-likeness (QED) is 0.103. The fraction of sp³-hybridized carbons (Fsp3) is 0.587. The largest absolute Gasteiger partial charge is 0.497 e. The minimum atomic E-state index is -3.84. The van der Waals surface area contributed by atoms with Crippen LogP contribution in [0.25, 0.3) is 22.3 Å². The minimum Gasteiger partial charge on any atom is -0.497 e. The van der Waals surface area contributed by atoms with E-state index in [0.717, 1.165) is 79.6 Å². The van der Waals surface area contributed by atoms with E-state index in [9.17, 15) is 23.8 Å². The van der Waals surface area contributed by atoms with Gasteiger partial charge in [0.2, 0.25) is 13.3 Å². The summed E-state index contributed by atoms with van der Waals surface area (Å²) in [4.78, 5) is 67.4. The van der Waals surface area contributed by atoms with Crippen LogP contribution in [0.5, 0.6) is 11.5 Å². The number of pyridine rings is 1. The summed E-state index contributed by atoms with van der Waals surface area (Å²) in [5, 5.41) is 7.70. The van der Waals surface area contributed by atoms with E-state index < -0.39 is 30.6 Å². The van der Waals surface area contributed by atoms with Crippen LogP contribution in [0.2, 0.25) is 0 Å². The number of carbonyl (C=O) groups excluding carboxylic acids is 3. The molecule has 328 valence electrons. The van der Waals surface area contributed by atoms with Gasteiger partial charge in [-0.05, 0) is 88.3 Å². The lowest BCUT2D eigenvalue weighted by molar-refractivity contribution is -0.154. The first-order chi connectivity index (χ1) is 29.4. The Morgan fingerprint density at radius 2 is 1.75 bits per heavy atom. The van der Waals surface area contributed by atoms with Crippen LogP contribution < -0.4 is 14.8 Å². The van der Waals surface area contributed by atoms with Crippen molar-refractivity contribution in [3.05, 3.63) is 52.0 Å². The normalized spacial score (nSPS) is 26.3. The number of nitrogens with one attached hydrogen (secondary N) is 1. The minimum absolute atomic E-state index is 0.0337. The Morgan fingerprint density at radius 3 is 2.51 bits per heavy atom. The molecular weight excluding hydrogens is 832 g/mol. The van der Waals surface area contributed by atoms with E-state index in [2.05, 4.69) is 19.2 Å². The number of amides is 1. The Bertz CT molecular complexity index is 2240. The highest BCUT2D eigenvalue weighted by atomic mass is 32.1. The predicted molar refractivity (Wildman–Crippen MR) is 240 cm³/mol. The number of carbonyl (C=O) groups is 3. The summed E-state index contributed by atoms with van der Waals surface area (Å²) in [5.41, 5.74) is 1.93. The van der Waals surface area contributed by atoms with Crippen LogP contribution in [0, 0.1) is 11.8 Å². The van der Waals surface area contributed by atoms with Gasteiger partial charge in [0, 0.05) is 52.6 Å². The number of hydrogen-bond acceptors (Lipinski definition) is 12. The summed E-state index contributed by atoms with van der Waals surface area (Å²) in [6, 6.07) is 10.5. The number of nitrogens with zero attached hydrogens (tertiary/aromatic N) is 3. The van der Waals surface area contributed by atoms with E-state index in [0.29, 0.717) is 41.2 Å². The molecule has 0 radical (unpaired) electrons. The molecule has 4 aliphatic rings. The number of rotatable bonds is 12. The molecule has 6 atom stereocenters. The number of methoxy groups -OCH3 is 1. The average molecular weight is 891 g/mol. The van der Waals surface area contributed by atoms with Crippen LogP contribution >= 0.6 is 30.0 Å². The lowest BCUT2D eigenvalue weighted by Gasteiger charge is -2.30. The Balaban J connectivity index is 1.12. The van der Waals surface area contributed by atoms with Gasteiger partial charge < -0.3 is 29.3 Å². The van der Waals surface area contributed by atoms with Crippen LogP contribution in [0.1, 0.15) is 115 Å². The summed E-state index contributed by atoms with van der Waals surface area (Å²) >= 11 is 2.95. The van der Waals surface area contributed by atoms with Gasteiger partial charge in [-0.3, -0.25) is 18.9 Å². The van der Waals surface area contributed by atoms with Gasteiger partial charge in [0.1, 0.15) is 29.4 Å². The second-order valence-corrected chi connectivity index (χ2v) is 22.4. The number of thiophene rings is 1. The summed E-state index contributed by atoms with van der Waals surface area (Å²) in [7, 11) is -2.24. The third kappa shape index (κ3) is 10.0. The van der Waals surface area contributed by atoms with Crippen molar-refractivity contribution in [2.45, 2.75) is 146 Å². The molecule has 2 saturated carbocycles. The van der Waals surface area contributed by atoms with E-state index in [1.54, 1.807) is 12.0 Å². The molecule has 1 amide bonds. The molecule has 2 N–H and O–H groups in total. The molecule has 0 bridgehead atoms. The average Bonchev–Trinajstić information content (AvgIpc) is 3.86. The molecule has 0 spiro atoms. The number of anilines is 1. The first-order valence-corrected chi connectivity index (χ1v) is 25.8. The maximum atomic E-state index is 14.9. The summed E-state index contributed by atoms with van der Waals surface area (Å²) in [6.07, 6.45) is 9.56. The van der Waals surface area contributed by atoms with Crippen LogP contribution in [0.15, 0.2) is 47.2 Å². The first-order valence-electron chi connectivity index (χ1n) is 22.2. The number of Topliss-reactive ketones (excluding diaryl/α,β-unsaturated/α-hetero) is 1. The third-order valence-corrected chi connectivity index (χ3v) is 17.9. The molecule has 2 aliphatic heterocycles. The Hall–Kier alpha value is -3.84. The maximum absolute atomic E-state index is 14.9. The highest BCUT2D eigenvalue weighted by molar-refractivity contribution is 7.59. The highest BCUT2D eigenvalue weighted by Crippen LogP contribution is 2.75. The molecule has 3 aromatic heterocycles. The second-order valence-electron chi connectivity index (χ2n) is 17.9.